The summed E-state index contributed by atoms with van der Waals surface area (Å²) in [5, 5.41) is 14.9. The van der Waals surface area contributed by atoms with Crippen LogP contribution in [0.4, 0.5) is 11.4 Å². The first-order valence-corrected chi connectivity index (χ1v) is 16.5. The number of anilines is 1. The number of carbonyl (C=O) groups is 2. The number of nitrogens with zero attached hydrogens (tertiary/aromatic N) is 3. The normalized spacial score (nSPS) is 14.3. The Morgan fingerprint density at radius 2 is 1.76 bits per heavy atom. The second-order valence-corrected chi connectivity index (χ2v) is 13.4. The Hall–Kier alpha value is -4.16. The Morgan fingerprint density at radius 3 is 2.40 bits per heavy atom. The Bertz CT molecular complexity index is 1650. The van der Waals surface area contributed by atoms with E-state index in [0.29, 0.717) is 0 Å². The van der Waals surface area contributed by atoms with Crippen LogP contribution in [-0.4, -0.2) is 55.8 Å². The van der Waals surface area contributed by atoms with E-state index >= 15 is 0 Å². The van der Waals surface area contributed by atoms with E-state index in [0.717, 1.165) is 48.0 Å². The Kier molecular flexibility index (Phi) is 11.1. The molecule has 0 bridgehead atoms. The zero-order valence-corrected chi connectivity index (χ0v) is 27.0. The molecular formula is C32H37ClN4O7S. The minimum atomic E-state index is -4.60. The third kappa shape index (κ3) is 8.12. The topological polar surface area (TPSA) is 139 Å². The van der Waals surface area contributed by atoms with Gasteiger partial charge < -0.3 is 15.0 Å². The number of amides is 2. The first-order chi connectivity index (χ1) is 21.4. The zero-order chi connectivity index (χ0) is 32.7. The number of nitro benzene ring substituents is 1. The molecule has 45 heavy (non-hydrogen) atoms. The van der Waals surface area contributed by atoms with Gasteiger partial charge in [0.05, 0.1) is 22.6 Å². The number of hydrogen-bond donors (Lipinski definition) is 1. The Balaban J connectivity index is 1.76. The number of carbonyl (C=O) groups excluding carboxylic acids is 2. The van der Waals surface area contributed by atoms with Gasteiger partial charge in [-0.3, -0.25) is 24.0 Å². The van der Waals surface area contributed by atoms with Gasteiger partial charge in [-0.1, -0.05) is 67.3 Å². The van der Waals surface area contributed by atoms with Crippen molar-refractivity contribution in [3.8, 4) is 5.75 Å². The fraction of sp³-hybridized carbons (Fsp3) is 0.375. The van der Waals surface area contributed by atoms with Crippen LogP contribution in [0.25, 0.3) is 0 Å². The van der Waals surface area contributed by atoms with Crippen LogP contribution in [0, 0.1) is 17.0 Å². The van der Waals surface area contributed by atoms with Gasteiger partial charge in [0.15, 0.2) is 0 Å². The maximum atomic E-state index is 14.2. The summed E-state index contributed by atoms with van der Waals surface area (Å²) in [5.74, 6) is -0.900. The molecule has 1 aliphatic carbocycles. The standard InChI is InChI=1S/C32H37ClN4O7S/c1-22-14-16-27(19-28(22)37(40)41)45(42,43)36(29-18-25(33)15-17-30(29)44-3)21-31(38)35(20-24-10-6-4-7-11-24)23(2)32(39)34-26-12-8-5-9-13-26/h4,6-7,10-11,14-19,23,26H,5,8-9,12-13,20-21H2,1-3H3,(H,34,39)/t23-/m0/s1. The highest BCUT2D eigenvalue weighted by molar-refractivity contribution is 7.92. The van der Waals surface area contributed by atoms with E-state index in [4.69, 9.17) is 16.3 Å². The second kappa shape index (κ2) is 14.7. The first-order valence-electron chi connectivity index (χ1n) is 14.7. The van der Waals surface area contributed by atoms with Crippen molar-refractivity contribution in [2.24, 2.45) is 0 Å². The fourth-order valence-corrected chi connectivity index (χ4v) is 6.98. The van der Waals surface area contributed by atoms with Gasteiger partial charge in [-0.25, -0.2) is 8.42 Å². The van der Waals surface area contributed by atoms with E-state index in [9.17, 15) is 28.1 Å². The number of sulfonamides is 1. The van der Waals surface area contributed by atoms with Crippen molar-refractivity contribution in [2.45, 2.75) is 69.5 Å². The molecule has 2 amide bonds. The van der Waals surface area contributed by atoms with Gasteiger partial charge in [0.25, 0.3) is 15.7 Å². The van der Waals surface area contributed by atoms with Gasteiger partial charge in [-0.15, -0.1) is 0 Å². The number of aryl methyl sites for hydroxylation is 1. The van der Waals surface area contributed by atoms with Crippen molar-refractivity contribution in [1.29, 1.82) is 0 Å². The van der Waals surface area contributed by atoms with Crippen LogP contribution in [0.5, 0.6) is 5.75 Å². The SMILES string of the molecule is COc1ccc(Cl)cc1N(CC(=O)N(Cc1ccccc1)[C@@H](C)C(=O)NC1CCCCC1)S(=O)(=O)c1ccc(C)c([N+](=O)[O-])c1. The molecular weight excluding hydrogens is 620 g/mol. The van der Waals surface area contributed by atoms with Crippen LogP contribution in [0.3, 0.4) is 0 Å². The van der Waals surface area contributed by atoms with Crippen LogP contribution >= 0.6 is 11.6 Å². The summed E-state index contributed by atoms with van der Waals surface area (Å²) >= 11 is 6.28. The van der Waals surface area contributed by atoms with E-state index in [1.165, 1.54) is 49.3 Å². The lowest BCUT2D eigenvalue weighted by atomic mass is 9.95. The Morgan fingerprint density at radius 1 is 1.07 bits per heavy atom. The summed E-state index contributed by atoms with van der Waals surface area (Å²) in [7, 11) is -3.26. The maximum absolute atomic E-state index is 14.2. The molecule has 4 rings (SSSR count). The molecule has 1 atom stereocenters. The van der Waals surface area contributed by atoms with Gasteiger partial charge in [0.1, 0.15) is 18.3 Å². The summed E-state index contributed by atoms with van der Waals surface area (Å²) in [4.78, 5) is 39.6. The number of benzene rings is 3. The van der Waals surface area contributed by atoms with Crippen LogP contribution in [0.1, 0.15) is 50.2 Å². The molecule has 0 unspecified atom stereocenters. The molecule has 0 aliphatic heterocycles. The molecule has 0 spiro atoms. The minimum Gasteiger partial charge on any atom is -0.495 e. The van der Waals surface area contributed by atoms with Crippen LogP contribution in [0.2, 0.25) is 5.02 Å². The van der Waals surface area contributed by atoms with E-state index in [1.54, 1.807) is 6.92 Å². The third-order valence-corrected chi connectivity index (χ3v) is 9.96. The minimum absolute atomic E-state index is 0.00676. The van der Waals surface area contributed by atoms with E-state index in [2.05, 4.69) is 5.32 Å². The third-order valence-electron chi connectivity index (χ3n) is 7.97. The molecule has 1 fully saturated rings. The highest BCUT2D eigenvalue weighted by atomic mass is 35.5. The van der Waals surface area contributed by atoms with Crippen LogP contribution in [-0.2, 0) is 26.2 Å². The molecule has 1 aliphatic rings. The van der Waals surface area contributed by atoms with Crippen molar-refractivity contribution in [3.63, 3.8) is 0 Å². The molecule has 11 nitrogen and oxygen atoms in total. The highest BCUT2D eigenvalue weighted by Gasteiger charge is 2.35. The average molecular weight is 657 g/mol. The molecule has 3 aromatic carbocycles. The number of halogens is 1. The lowest BCUT2D eigenvalue weighted by molar-refractivity contribution is -0.385. The van der Waals surface area contributed by atoms with Crippen molar-refractivity contribution in [1.82, 2.24) is 10.2 Å². The van der Waals surface area contributed by atoms with Crippen molar-refractivity contribution in [3.05, 3.63) is 93.0 Å². The zero-order valence-electron chi connectivity index (χ0n) is 25.4. The molecule has 1 saturated carbocycles. The van der Waals surface area contributed by atoms with E-state index < -0.39 is 38.3 Å². The number of nitro groups is 1. The van der Waals surface area contributed by atoms with Gasteiger partial charge in [-0.2, -0.15) is 0 Å². The molecule has 13 heteroatoms. The van der Waals surface area contributed by atoms with Gasteiger partial charge in [-0.05, 0) is 56.5 Å². The number of rotatable bonds is 12. The number of methoxy groups -OCH3 is 1. The molecule has 0 aromatic heterocycles. The highest BCUT2D eigenvalue weighted by Crippen LogP contribution is 2.36. The summed E-state index contributed by atoms with van der Waals surface area (Å²) in [6.07, 6.45) is 4.85. The van der Waals surface area contributed by atoms with Crippen molar-refractivity contribution < 1.29 is 27.7 Å². The largest absolute Gasteiger partial charge is 0.495 e. The monoisotopic (exact) mass is 656 g/mol. The molecule has 1 N–H and O–H groups in total. The quantitative estimate of drug-likeness (QED) is 0.197. The Labute approximate surface area is 268 Å². The summed E-state index contributed by atoms with van der Waals surface area (Å²) in [6, 6.07) is 16.0. The maximum Gasteiger partial charge on any atom is 0.273 e. The van der Waals surface area contributed by atoms with Crippen LogP contribution in [0.15, 0.2) is 71.6 Å². The molecule has 3 aromatic rings. The number of ether oxygens (including phenoxy) is 1. The number of nitrogens with one attached hydrogen (secondary N) is 1. The lowest BCUT2D eigenvalue weighted by Crippen LogP contribution is -2.53. The molecule has 0 radical (unpaired) electrons. The predicted molar refractivity (Wildman–Crippen MR) is 172 cm³/mol. The second-order valence-electron chi connectivity index (χ2n) is 11.1. The van der Waals surface area contributed by atoms with Gasteiger partial charge in [0.2, 0.25) is 11.8 Å². The average Bonchev–Trinajstić information content (AvgIpc) is 3.02. The number of hydrogen-bond acceptors (Lipinski definition) is 7. The first kappa shape index (κ1) is 33.7. The summed E-state index contributed by atoms with van der Waals surface area (Å²) < 4.78 is 34.7. The van der Waals surface area contributed by atoms with E-state index in [-0.39, 0.29) is 46.2 Å². The van der Waals surface area contributed by atoms with E-state index in [1.807, 2.05) is 30.3 Å². The molecule has 240 valence electrons. The lowest BCUT2D eigenvalue weighted by Gasteiger charge is -2.33. The predicted octanol–water partition coefficient (Wildman–Crippen LogP) is 5.63. The van der Waals surface area contributed by atoms with Crippen molar-refractivity contribution >= 4 is 44.8 Å². The summed E-state index contributed by atoms with van der Waals surface area (Å²) in [6.45, 7) is 2.41. The van der Waals surface area contributed by atoms with Crippen LogP contribution < -0.4 is 14.4 Å². The van der Waals surface area contributed by atoms with Gasteiger partial charge >= 0.3 is 0 Å². The van der Waals surface area contributed by atoms with Gasteiger partial charge in [0, 0.05) is 29.2 Å². The summed E-state index contributed by atoms with van der Waals surface area (Å²) in [5.41, 5.74) is 0.584. The smallest absolute Gasteiger partial charge is 0.273 e. The fourth-order valence-electron chi connectivity index (χ4n) is 5.38. The van der Waals surface area contributed by atoms with Crippen molar-refractivity contribution in [2.75, 3.05) is 18.0 Å². The molecule has 0 saturated heterocycles. The molecule has 0 heterocycles.